The van der Waals surface area contributed by atoms with Crippen molar-refractivity contribution in [3.63, 3.8) is 0 Å². The molecule has 4 N–H and O–H groups in total. The van der Waals surface area contributed by atoms with Crippen LogP contribution >= 0.6 is 15.9 Å². The quantitative estimate of drug-likeness (QED) is 0.732. The van der Waals surface area contributed by atoms with Crippen molar-refractivity contribution >= 4 is 33.2 Å². The van der Waals surface area contributed by atoms with Gasteiger partial charge in [0.2, 0.25) is 5.91 Å². The summed E-state index contributed by atoms with van der Waals surface area (Å²) in [6, 6.07) is 5.19. The molecule has 0 aliphatic heterocycles. The second-order valence-corrected chi connectivity index (χ2v) is 4.13. The van der Waals surface area contributed by atoms with Crippen LogP contribution in [0.2, 0.25) is 0 Å². The zero-order valence-electron chi connectivity index (χ0n) is 8.67. The molecule has 1 unspecified atom stereocenters. The standard InChI is InChI=1S/C10H14BrN3O/c1-6(10(15)13-2)14-9-4-3-7(11)5-8(9)12/h3-6,14H,12H2,1-2H3,(H,13,15). The highest BCUT2D eigenvalue weighted by Gasteiger charge is 2.11. The molecule has 0 heterocycles. The van der Waals surface area contributed by atoms with Crippen molar-refractivity contribution in [3.05, 3.63) is 22.7 Å². The van der Waals surface area contributed by atoms with Crippen LogP contribution in [-0.4, -0.2) is 19.0 Å². The summed E-state index contributed by atoms with van der Waals surface area (Å²) in [6.45, 7) is 1.78. The van der Waals surface area contributed by atoms with E-state index in [1.54, 1.807) is 20.0 Å². The third-order valence-electron chi connectivity index (χ3n) is 2.03. The van der Waals surface area contributed by atoms with Crippen LogP contribution in [0.4, 0.5) is 11.4 Å². The lowest BCUT2D eigenvalue weighted by atomic mass is 10.2. The maximum atomic E-state index is 11.3. The number of carbonyl (C=O) groups is 1. The van der Waals surface area contributed by atoms with Crippen molar-refractivity contribution in [2.45, 2.75) is 13.0 Å². The van der Waals surface area contributed by atoms with E-state index in [0.717, 1.165) is 10.2 Å². The Kier molecular flexibility index (Phi) is 3.96. The predicted molar refractivity (Wildman–Crippen MR) is 65.7 cm³/mol. The van der Waals surface area contributed by atoms with E-state index < -0.39 is 0 Å². The maximum absolute atomic E-state index is 11.3. The van der Waals surface area contributed by atoms with Crippen LogP contribution in [0, 0.1) is 0 Å². The Morgan fingerprint density at radius 1 is 1.53 bits per heavy atom. The summed E-state index contributed by atoms with van der Waals surface area (Å²) in [5.41, 5.74) is 7.16. The third kappa shape index (κ3) is 3.13. The Labute approximate surface area is 97.4 Å². The molecule has 0 fully saturated rings. The Morgan fingerprint density at radius 2 is 2.20 bits per heavy atom. The molecule has 0 radical (unpaired) electrons. The van der Waals surface area contributed by atoms with Gasteiger partial charge >= 0.3 is 0 Å². The maximum Gasteiger partial charge on any atom is 0.241 e. The summed E-state index contributed by atoms with van der Waals surface area (Å²) in [6.07, 6.45) is 0. The number of hydrogen-bond donors (Lipinski definition) is 3. The minimum absolute atomic E-state index is 0.0719. The van der Waals surface area contributed by atoms with Crippen LogP contribution in [0.1, 0.15) is 6.92 Å². The molecule has 0 saturated carbocycles. The number of amides is 1. The molecular weight excluding hydrogens is 258 g/mol. The van der Waals surface area contributed by atoms with E-state index in [1.807, 2.05) is 12.1 Å². The SMILES string of the molecule is CNC(=O)C(C)Nc1ccc(Br)cc1N. The van der Waals surface area contributed by atoms with Crippen LogP contribution in [0.3, 0.4) is 0 Å². The molecule has 0 aliphatic carbocycles. The monoisotopic (exact) mass is 271 g/mol. The number of nitrogens with two attached hydrogens (primary N) is 1. The van der Waals surface area contributed by atoms with Crippen LogP contribution < -0.4 is 16.4 Å². The molecule has 82 valence electrons. The zero-order valence-corrected chi connectivity index (χ0v) is 10.3. The van der Waals surface area contributed by atoms with Gasteiger partial charge in [-0.15, -0.1) is 0 Å². The second kappa shape index (κ2) is 5.02. The lowest BCUT2D eigenvalue weighted by molar-refractivity contribution is -0.121. The first-order valence-corrected chi connectivity index (χ1v) is 5.37. The van der Waals surface area contributed by atoms with E-state index in [4.69, 9.17) is 5.73 Å². The van der Waals surface area contributed by atoms with Gasteiger partial charge < -0.3 is 16.4 Å². The van der Waals surface area contributed by atoms with Gasteiger partial charge in [0.05, 0.1) is 11.4 Å². The van der Waals surface area contributed by atoms with Crippen LogP contribution in [0.15, 0.2) is 22.7 Å². The summed E-state index contributed by atoms with van der Waals surface area (Å²) < 4.78 is 0.915. The number of carbonyl (C=O) groups excluding carboxylic acids is 1. The van der Waals surface area contributed by atoms with E-state index in [9.17, 15) is 4.79 Å². The fourth-order valence-corrected chi connectivity index (χ4v) is 1.56. The van der Waals surface area contributed by atoms with Crippen molar-refractivity contribution in [2.75, 3.05) is 18.1 Å². The van der Waals surface area contributed by atoms with Gasteiger partial charge in [-0.05, 0) is 25.1 Å². The first-order valence-electron chi connectivity index (χ1n) is 4.57. The molecule has 0 bridgehead atoms. The van der Waals surface area contributed by atoms with E-state index in [1.165, 1.54) is 0 Å². The smallest absolute Gasteiger partial charge is 0.241 e. The number of benzene rings is 1. The number of nitrogens with one attached hydrogen (secondary N) is 2. The first kappa shape index (κ1) is 11.8. The van der Waals surface area contributed by atoms with Gasteiger partial charge in [0.1, 0.15) is 6.04 Å². The van der Waals surface area contributed by atoms with E-state index in [-0.39, 0.29) is 11.9 Å². The number of nitrogen functional groups attached to an aromatic ring is 1. The van der Waals surface area contributed by atoms with Gasteiger partial charge in [-0.25, -0.2) is 0 Å². The largest absolute Gasteiger partial charge is 0.397 e. The van der Waals surface area contributed by atoms with Crippen LogP contribution in [-0.2, 0) is 4.79 Å². The molecule has 15 heavy (non-hydrogen) atoms. The molecule has 0 spiro atoms. The van der Waals surface area contributed by atoms with Gasteiger partial charge in [-0.1, -0.05) is 15.9 Å². The Bertz CT molecular complexity index is 368. The fourth-order valence-electron chi connectivity index (χ4n) is 1.18. The van der Waals surface area contributed by atoms with Gasteiger partial charge in [0, 0.05) is 11.5 Å². The number of likely N-dealkylation sites (N-methyl/N-ethyl adjacent to an activating group) is 1. The van der Waals surface area contributed by atoms with Gasteiger partial charge in [-0.3, -0.25) is 4.79 Å². The van der Waals surface area contributed by atoms with Crippen molar-refractivity contribution in [3.8, 4) is 0 Å². The number of hydrogen-bond acceptors (Lipinski definition) is 3. The van der Waals surface area contributed by atoms with Gasteiger partial charge in [-0.2, -0.15) is 0 Å². The van der Waals surface area contributed by atoms with E-state index in [0.29, 0.717) is 5.69 Å². The molecular formula is C10H14BrN3O. The van der Waals surface area contributed by atoms with Gasteiger partial charge in [0.25, 0.3) is 0 Å². The molecule has 0 aromatic heterocycles. The molecule has 1 aromatic carbocycles. The second-order valence-electron chi connectivity index (χ2n) is 3.21. The Morgan fingerprint density at radius 3 is 2.73 bits per heavy atom. The minimum Gasteiger partial charge on any atom is -0.397 e. The number of rotatable bonds is 3. The van der Waals surface area contributed by atoms with Crippen LogP contribution in [0.5, 0.6) is 0 Å². The molecule has 1 aromatic rings. The Balaban J connectivity index is 2.76. The summed E-state index contributed by atoms with van der Waals surface area (Å²) in [4.78, 5) is 11.3. The number of halogens is 1. The predicted octanol–water partition coefficient (Wildman–Crippen LogP) is 1.58. The molecule has 0 saturated heterocycles. The third-order valence-corrected chi connectivity index (χ3v) is 2.52. The first-order chi connectivity index (χ1) is 7.04. The van der Waals surface area contributed by atoms with Crippen molar-refractivity contribution < 1.29 is 4.79 Å². The molecule has 1 rings (SSSR count). The van der Waals surface area contributed by atoms with Crippen molar-refractivity contribution in [1.29, 1.82) is 0 Å². The van der Waals surface area contributed by atoms with Crippen molar-refractivity contribution in [1.82, 2.24) is 5.32 Å². The topological polar surface area (TPSA) is 67.2 Å². The minimum atomic E-state index is -0.307. The van der Waals surface area contributed by atoms with Crippen molar-refractivity contribution in [2.24, 2.45) is 0 Å². The van der Waals surface area contributed by atoms with E-state index >= 15 is 0 Å². The highest BCUT2D eigenvalue weighted by Crippen LogP contribution is 2.23. The fraction of sp³-hybridized carbons (Fsp3) is 0.300. The molecule has 4 nitrogen and oxygen atoms in total. The lowest BCUT2D eigenvalue weighted by Gasteiger charge is -2.15. The Hall–Kier alpha value is -1.23. The molecule has 1 atom stereocenters. The highest BCUT2D eigenvalue weighted by atomic mass is 79.9. The highest BCUT2D eigenvalue weighted by molar-refractivity contribution is 9.10. The average Bonchev–Trinajstić information content (AvgIpc) is 2.20. The summed E-state index contributed by atoms with van der Waals surface area (Å²) in [5, 5.41) is 5.59. The normalized spacial score (nSPS) is 11.9. The lowest BCUT2D eigenvalue weighted by Crippen LogP contribution is -2.35. The molecule has 5 heteroatoms. The van der Waals surface area contributed by atoms with E-state index in [2.05, 4.69) is 26.6 Å². The van der Waals surface area contributed by atoms with Gasteiger partial charge in [0.15, 0.2) is 0 Å². The summed E-state index contributed by atoms with van der Waals surface area (Å²) in [5.74, 6) is -0.0719. The molecule has 0 aliphatic rings. The summed E-state index contributed by atoms with van der Waals surface area (Å²) in [7, 11) is 1.60. The molecule has 1 amide bonds. The van der Waals surface area contributed by atoms with Crippen LogP contribution in [0.25, 0.3) is 0 Å². The zero-order chi connectivity index (χ0) is 11.4. The average molecular weight is 272 g/mol. The number of anilines is 2. The summed E-state index contributed by atoms with van der Waals surface area (Å²) >= 11 is 3.32.